The molecule has 1 saturated carbocycles. The number of carbonyl (C=O) groups is 1. The summed E-state index contributed by atoms with van der Waals surface area (Å²) < 4.78 is 5.55. The van der Waals surface area contributed by atoms with Crippen molar-refractivity contribution in [2.45, 2.75) is 45.8 Å². The number of guanidine groups is 1. The minimum atomic E-state index is -0.312. The highest BCUT2D eigenvalue weighted by Gasteiger charge is 2.42. The zero-order valence-electron chi connectivity index (χ0n) is 17.2. The molecule has 0 bridgehead atoms. The molecule has 2 N–H and O–H groups in total. The molecular weight excluding hydrogens is 340 g/mol. The van der Waals surface area contributed by atoms with Crippen molar-refractivity contribution >= 4 is 11.9 Å². The first-order chi connectivity index (χ1) is 13.0. The maximum atomic E-state index is 12.7. The zero-order valence-corrected chi connectivity index (χ0v) is 17.2. The summed E-state index contributed by atoms with van der Waals surface area (Å²) >= 11 is 0. The quantitative estimate of drug-likeness (QED) is 0.542. The van der Waals surface area contributed by atoms with Gasteiger partial charge in [0.2, 0.25) is 5.91 Å². The molecule has 0 atom stereocenters. The van der Waals surface area contributed by atoms with Crippen molar-refractivity contribution in [3.05, 3.63) is 35.4 Å². The van der Waals surface area contributed by atoms with Crippen LogP contribution < -0.4 is 10.6 Å². The summed E-state index contributed by atoms with van der Waals surface area (Å²) in [5.41, 5.74) is 2.06. The van der Waals surface area contributed by atoms with Gasteiger partial charge in [0.05, 0.1) is 12.0 Å². The Morgan fingerprint density at radius 1 is 1.19 bits per heavy atom. The summed E-state index contributed by atoms with van der Waals surface area (Å²) in [4.78, 5) is 18.7. The molecular formula is C21H34N4O2. The van der Waals surface area contributed by atoms with Crippen molar-refractivity contribution in [2.75, 3.05) is 34.3 Å². The molecule has 0 spiro atoms. The van der Waals surface area contributed by atoms with Crippen LogP contribution in [0.2, 0.25) is 0 Å². The predicted molar refractivity (Wildman–Crippen MR) is 110 cm³/mol. The molecule has 1 aliphatic carbocycles. The van der Waals surface area contributed by atoms with Gasteiger partial charge in [0.25, 0.3) is 0 Å². The minimum absolute atomic E-state index is 0.213. The molecule has 1 aromatic carbocycles. The molecule has 0 aromatic heterocycles. The fourth-order valence-corrected chi connectivity index (χ4v) is 3.73. The van der Waals surface area contributed by atoms with Gasteiger partial charge in [-0.3, -0.25) is 9.79 Å². The van der Waals surface area contributed by atoms with E-state index in [2.05, 4.69) is 27.8 Å². The van der Waals surface area contributed by atoms with Crippen molar-refractivity contribution < 1.29 is 9.53 Å². The lowest BCUT2D eigenvalue weighted by Crippen LogP contribution is -2.49. The Labute approximate surface area is 163 Å². The van der Waals surface area contributed by atoms with Gasteiger partial charge in [-0.2, -0.15) is 0 Å². The molecule has 0 aliphatic heterocycles. The first-order valence-electron chi connectivity index (χ1n) is 9.83. The summed E-state index contributed by atoms with van der Waals surface area (Å²) in [6.07, 6.45) is 4.09. The summed E-state index contributed by atoms with van der Waals surface area (Å²) in [5.74, 6) is 0.934. The number of rotatable bonds is 8. The van der Waals surface area contributed by atoms with Crippen LogP contribution in [0.25, 0.3) is 0 Å². The molecule has 1 fully saturated rings. The largest absolute Gasteiger partial charge is 0.377 e. The SMILES string of the molecule is CCOCc1ccccc1CNC(=NC)NCC1(C(=O)N(C)C)CCCC1. The van der Waals surface area contributed by atoms with E-state index < -0.39 is 0 Å². The number of amides is 1. The number of ether oxygens (including phenoxy) is 1. The molecule has 27 heavy (non-hydrogen) atoms. The predicted octanol–water partition coefficient (Wildman–Crippen LogP) is 2.54. The smallest absolute Gasteiger partial charge is 0.230 e. The highest BCUT2D eigenvalue weighted by atomic mass is 16.5. The summed E-state index contributed by atoms with van der Waals surface area (Å²) in [6.45, 7) is 4.59. The fraction of sp³-hybridized carbons (Fsp3) is 0.619. The van der Waals surface area contributed by atoms with Gasteiger partial charge in [0.1, 0.15) is 0 Å². The third-order valence-electron chi connectivity index (χ3n) is 5.26. The molecule has 150 valence electrons. The van der Waals surface area contributed by atoms with Crippen LogP contribution >= 0.6 is 0 Å². The summed E-state index contributed by atoms with van der Waals surface area (Å²) in [6, 6.07) is 8.25. The van der Waals surface area contributed by atoms with Crippen LogP contribution in [0.1, 0.15) is 43.7 Å². The monoisotopic (exact) mass is 374 g/mol. The lowest BCUT2D eigenvalue weighted by molar-refractivity contribution is -0.138. The van der Waals surface area contributed by atoms with Gasteiger partial charge in [0, 0.05) is 40.8 Å². The fourth-order valence-electron chi connectivity index (χ4n) is 3.73. The molecule has 1 aromatic rings. The number of hydrogen-bond donors (Lipinski definition) is 2. The molecule has 0 unspecified atom stereocenters. The lowest BCUT2D eigenvalue weighted by Gasteiger charge is -2.31. The van der Waals surface area contributed by atoms with Crippen LogP contribution in [0.15, 0.2) is 29.3 Å². The second-order valence-corrected chi connectivity index (χ2v) is 7.37. The van der Waals surface area contributed by atoms with E-state index in [1.165, 1.54) is 11.1 Å². The standard InChI is InChI=1S/C21H34N4O2/c1-5-27-15-18-11-7-6-10-17(18)14-23-20(22-2)24-16-21(12-8-9-13-21)19(26)25(3)4/h6-7,10-11H,5,8-9,12-16H2,1-4H3,(H2,22,23,24). The van der Waals surface area contributed by atoms with Gasteiger partial charge < -0.3 is 20.3 Å². The van der Waals surface area contributed by atoms with E-state index >= 15 is 0 Å². The molecule has 0 radical (unpaired) electrons. The Hall–Kier alpha value is -2.08. The summed E-state index contributed by atoms with van der Waals surface area (Å²) in [7, 11) is 5.44. The first kappa shape index (κ1) is 21.2. The number of nitrogens with one attached hydrogen (secondary N) is 2. The van der Waals surface area contributed by atoms with E-state index in [1.807, 2.05) is 33.2 Å². The molecule has 6 heteroatoms. The van der Waals surface area contributed by atoms with Crippen molar-refractivity contribution in [1.82, 2.24) is 15.5 Å². The van der Waals surface area contributed by atoms with Crippen LogP contribution in [0.4, 0.5) is 0 Å². The van der Waals surface area contributed by atoms with Gasteiger partial charge >= 0.3 is 0 Å². The normalized spacial score (nSPS) is 16.2. The molecule has 1 aliphatic rings. The zero-order chi connectivity index (χ0) is 19.7. The summed E-state index contributed by atoms with van der Waals surface area (Å²) in [5, 5.41) is 6.75. The number of benzene rings is 1. The Morgan fingerprint density at radius 2 is 1.85 bits per heavy atom. The van der Waals surface area contributed by atoms with Crippen LogP contribution in [-0.2, 0) is 22.7 Å². The Bertz CT molecular complexity index is 637. The van der Waals surface area contributed by atoms with E-state index in [0.717, 1.165) is 31.6 Å². The van der Waals surface area contributed by atoms with Crippen molar-refractivity contribution in [1.29, 1.82) is 0 Å². The number of carbonyl (C=O) groups excluding carboxylic acids is 1. The number of nitrogens with zero attached hydrogens (tertiary/aromatic N) is 2. The highest BCUT2D eigenvalue weighted by molar-refractivity contribution is 5.85. The van der Waals surface area contributed by atoms with Crippen molar-refractivity contribution in [3.63, 3.8) is 0 Å². The Balaban J connectivity index is 1.95. The van der Waals surface area contributed by atoms with Gasteiger partial charge in [-0.05, 0) is 30.9 Å². The maximum absolute atomic E-state index is 12.7. The van der Waals surface area contributed by atoms with Crippen molar-refractivity contribution in [2.24, 2.45) is 10.4 Å². The average molecular weight is 375 g/mol. The molecule has 0 heterocycles. The Morgan fingerprint density at radius 3 is 2.44 bits per heavy atom. The Kier molecular flexibility index (Phi) is 8.10. The van der Waals surface area contributed by atoms with Crippen molar-refractivity contribution in [3.8, 4) is 0 Å². The van der Waals surface area contributed by atoms with E-state index in [1.54, 1.807) is 11.9 Å². The highest BCUT2D eigenvalue weighted by Crippen LogP contribution is 2.38. The average Bonchev–Trinajstić information content (AvgIpc) is 3.16. The molecule has 0 saturated heterocycles. The number of hydrogen-bond acceptors (Lipinski definition) is 3. The van der Waals surface area contributed by atoms with Crippen LogP contribution in [0.3, 0.4) is 0 Å². The van der Waals surface area contributed by atoms with Gasteiger partial charge in [0.15, 0.2) is 5.96 Å². The maximum Gasteiger partial charge on any atom is 0.230 e. The van der Waals surface area contributed by atoms with E-state index in [-0.39, 0.29) is 11.3 Å². The molecule has 6 nitrogen and oxygen atoms in total. The molecule has 1 amide bonds. The van der Waals surface area contributed by atoms with E-state index in [9.17, 15) is 4.79 Å². The van der Waals surface area contributed by atoms with E-state index in [0.29, 0.717) is 26.3 Å². The lowest BCUT2D eigenvalue weighted by atomic mass is 9.84. The van der Waals surface area contributed by atoms with Gasteiger partial charge in [-0.15, -0.1) is 0 Å². The van der Waals surface area contributed by atoms with Gasteiger partial charge in [-0.1, -0.05) is 37.1 Å². The molecule has 2 rings (SSSR count). The third-order valence-corrected chi connectivity index (χ3v) is 5.26. The van der Waals surface area contributed by atoms with Crippen LogP contribution in [-0.4, -0.2) is 51.1 Å². The topological polar surface area (TPSA) is 66.0 Å². The third kappa shape index (κ3) is 5.70. The van der Waals surface area contributed by atoms with Crippen LogP contribution in [0, 0.1) is 5.41 Å². The second kappa shape index (κ2) is 10.3. The van der Waals surface area contributed by atoms with Crippen LogP contribution in [0.5, 0.6) is 0 Å². The second-order valence-electron chi connectivity index (χ2n) is 7.37. The van der Waals surface area contributed by atoms with E-state index in [4.69, 9.17) is 4.74 Å². The minimum Gasteiger partial charge on any atom is -0.377 e. The first-order valence-corrected chi connectivity index (χ1v) is 9.83. The number of aliphatic imine (C=N–C) groups is 1. The van der Waals surface area contributed by atoms with Gasteiger partial charge in [-0.25, -0.2) is 0 Å².